The van der Waals surface area contributed by atoms with Crippen molar-refractivity contribution in [2.75, 3.05) is 13.1 Å². The molecule has 0 heterocycles. The van der Waals surface area contributed by atoms with Gasteiger partial charge in [0.05, 0.1) is 6.04 Å². The van der Waals surface area contributed by atoms with Crippen LogP contribution >= 0.6 is 0 Å². The lowest BCUT2D eigenvalue weighted by Gasteiger charge is -2.13. The zero-order valence-electron chi connectivity index (χ0n) is 9.31. The molecule has 0 aromatic rings. The third-order valence-corrected chi connectivity index (χ3v) is 2.63. The lowest BCUT2D eigenvalue weighted by Crippen LogP contribution is -2.43. The third-order valence-electron chi connectivity index (χ3n) is 2.63. The highest BCUT2D eigenvalue weighted by atomic mass is 16.2. The average Bonchev–Trinajstić information content (AvgIpc) is 2.98. The minimum atomic E-state index is -0.0348. The van der Waals surface area contributed by atoms with Gasteiger partial charge in [-0.15, -0.1) is 0 Å². The monoisotopic (exact) mass is 198 g/mol. The van der Waals surface area contributed by atoms with E-state index in [1.54, 1.807) is 0 Å². The Morgan fingerprint density at radius 1 is 1.50 bits per heavy atom. The van der Waals surface area contributed by atoms with E-state index in [1.807, 2.05) is 6.92 Å². The van der Waals surface area contributed by atoms with Crippen LogP contribution in [0.3, 0.4) is 0 Å². The van der Waals surface area contributed by atoms with Gasteiger partial charge in [-0.2, -0.15) is 0 Å². The van der Waals surface area contributed by atoms with Gasteiger partial charge in [0.25, 0.3) is 0 Å². The quantitative estimate of drug-likeness (QED) is 0.605. The number of nitrogens with one attached hydrogen (secondary N) is 2. The summed E-state index contributed by atoms with van der Waals surface area (Å²) in [4.78, 5) is 11.5. The Hall–Kier alpha value is -0.570. The summed E-state index contributed by atoms with van der Waals surface area (Å²) in [6, 6.07) is -0.0348. The molecule has 1 saturated carbocycles. The van der Waals surface area contributed by atoms with Gasteiger partial charge in [-0.05, 0) is 38.6 Å². The van der Waals surface area contributed by atoms with Crippen molar-refractivity contribution >= 4 is 5.91 Å². The smallest absolute Gasteiger partial charge is 0.236 e. The molecule has 2 N–H and O–H groups in total. The van der Waals surface area contributed by atoms with Gasteiger partial charge < -0.3 is 10.6 Å². The van der Waals surface area contributed by atoms with Crippen LogP contribution in [0.15, 0.2) is 0 Å². The lowest BCUT2D eigenvalue weighted by atomic mass is 10.2. The minimum absolute atomic E-state index is 0.0348. The fourth-order valence-electron chi connectivity index (χ4n) is 1.30. The van der Waals surface area contributed by atoms with E-state index in [2.05, 4.69) is 17.6 Å². The Morgan fingerprint density at radius 3 is 2.79 bits per heavy atom. The van der Waals surface area contributed by atoms with Gasteiger partial charge in [0.2, 0.25) is 5.91 Å². The molecule has 82 valence electrons. The highest BCUT2D eigenvalue weighted by molar-refractivity contribution is 5.81. The van der Waals surface area contributed by atoms with Crippen molar-refractivity contribution in [3.8, 4) is 0 Å². The van der Waals surface area contributed by atoms with Crippen molar-refractivity contribution in [1.82, 2.24) is 10.6 Å². The van der Waals surface area contributed by atoms with Crippen LogP contribution in [-0.4, -0.2) is 25.0 Å². The molecule has 0 bridgehead atoms. The van der Waals surface area contributed by atoms with Gasteiger partial charge in [0.1, 0.15) is 0 Å². The molecule has 14 heavy (non-hydrogen) atoms. The molecule has 0 radical (unpaired) electrons. The summed E-state index contributed by atoms with van der Waals surface area (Å²) in [5, 5.41) is 6.19. The van der Waals surface area contributed by atoms with Gasteiger partial charge in [-0.1, -0.05) is 13.3 Å². The first kappa shape index (κ1) is 11.5. The van der Waals surface area contributed by atoms with Crippen LogP contribution in [0.4, 0.5) is 0 Å². The van der Waals surface area contributed by atoms with Crippen molar-refractivity contribution in [2.24, 2.45) is 5.92 Å². The zero-order valence-corrected chi connectivity index (χ0v) is 9.31. The Kier molecular flexibility index (Phi) is 4.94. The Balaban J connectivity index is 2.02. The Morgan fingerprint density at radius 2 is 2.21 bits per heavy atom. The second-order valence-electron chi connectivity index (χ2n) is 4.22. The van der Waals surface area contributed by atoms with E-state index in [4.69, 9.17) is 0 Å². The van der Waals surface area contributed by atoms with E-state index < -0.39 is 0 Å². The summed E-state index contributed by atoms with van der Waals surface area (Å²) in [7, 11) is 0. The Labute approximate surface area is 86.6 Å². The predicted octanol–water partition coefficient (Wildman–Crippen LogP) is 1.29. The summed E-state index contributed by atoms with van der Waals surface area (Å²) < 4.78 is 0. The SMILES string of the molecule is CCCCNC(=O)C(C)NCC1CC1. The molecule has 1 amide bonds. The van der Waals surface area contributed by atoms with Crippen molar-refractivity contribution in [3.63, 3.8) is 0 Å². The number of hydrogen-bond acceptors (Lipinski definition) is 2. The molecule has 1 atom stereocenters. The molecule has 1 aliphatic carbocycles. The highest BCUT2D eigenvalue weighted by Gasteiger charge is 2.22. The van der Waals surface area contributed by atoms with Crippen molar-refractivity contribution < 1.29 is 4.79 Å². The van der Waals surface area contributed by atoms with E-state index >= 15 is 0 Å². The molecule has 0 aromatic carbocycles. The van der Waals surface area contributed by atoms with Crippen LogP contribution in [0.5, 0.6) is 0 Å². The molecule has 3 heteroatoms. The highest BCUT2D eigenvalue weighted by Crippen LogP contribution is 2.27. The summed E-state index contributed by atoms with van der Waals surface area (Å²) in [6.45, 7) is 5.87. The number of carbonyl (C=O) groups excluding carboxylic acids is 1. The largest absolute Gasteiger partial charge is 0.355 e. The standard InChI is InChI=1S/C11H22N2O/c1-3-4-7-12-11(14)9(2)13-8-10-5-6-10/h9-10,13H,3-8H2,1-2H3,(H,12,14). The van der Waals surface area contributed by atoms with Gasteiger partial charge in [-0.3, -0.25) is 4.79 Å². The summed E-state index contributed by atoms with van der Waals surface area (Å²) in [5.41, 5.74) is 0. The molecule has 0 saturated heterocycles. The van der Waals surface area contributed by atoms with E-state index in [-0.39, 0.29) is 11.9 Å². The summed E-state index contributed by atoms with van der Waals surface area (Å²) in [5.74, 6) is 0.972. The van der Waals surface area contributed by atoms with E-state index in [1.165, 1.54) is 12.8 Å². The predicted molar refractivity (Wildman–Crippen MR) is 58.1 cm³/mol. The van der Waals surface area contributed by atoms with Crippen LogP contribution in [0, 0.1) is 5.92 Å². The molecule has 1 unspecified atom stereocenters. The molecule has 0 aromatic heterocycles. The van der Waals surface area contributed by atoms with Crippen molar-refractivity contribution in [3.05, 3.63) is 0 Å². The second kappa shape index (κ2) is 6.02. The fraction of sp³-hybridized carbons (Fsp3) is 0.909. The van der Waals surface area contributed by atoms with Crippen LogP contribution in [0.25, 0.3) is 0 Å². The molecule has 0 aliphatic heterocycles. The van der Waals surface area contributed by atoms with Gasteiger partial charge in [0, 0.05) is 6.54 Å². The number of hydrogen-bond donors (Lipinski definition) is 2. The maximum Gasteiger partial charge on any atom is 0.236 e. The first-order valence-corrected chi connectivity index (χ1v) is 5.75. The molecule has 0 spiro atoms. The summed E-state index contributed by atoms with van der Waals surface area (Å²) in [6.07, 6.45) is 4.86. The molecule has 1 fully saturated rings. The third kappa shape index (κ3) is 4.61. The molecule has 1 rings (SSSR count). The van der Waals surface area contributed by atoms with Crippen molar-refractivity contribution in [2.45, 2.75) is 45.6 Å². The normalized spacial score (nSPS) is 17.9. The van der Waals surface area contributed by atoms with E-state index in [0.29, 0.717) is 0 Å². The van der Waals surface area contributed by atoms with E-state index in [0.717, 1.165) is 31.8 Å². The number of amides is 1. The fourth-order valence-corrected chi connectivity index (χ4v) is 1.30. The van der Waals surface area contributed by atoms with E-state index in [9.17, 15) is 4.79 Å². The molecule has 3 nitrogen and oxygen atoms in total. The maximum absolute atomic E-state index is 11.5. The van der Waals surface area contributed by atoms with Gasteiger partial charge in [-0.25, -0.2) is 0 Å². The van der Waals surface area contributed by atoms with Gasteiger partial charge >= 0.3 is 0 Å². The minimum Gasteiger partial charge on any atom is -0.355 e. The molecular weight excluding hydrogens is 176 g/mol. The van der Waals surface area contributed by atoms with Gasteiger partial charge in [0.15, 0.2) is 0 Å². The molecular formula is C11H22N2O. The van der Waals surface area contributed by atoms with Crippen LogP contribution < -0.4 is 10.6 Å². The van der Waals surface area contributed by atoms with Crippen LogP contribution in [0.1, 0.15) is 39.5 Å². The first-order valence-electron chi connectivity index (χ1n) is 5.75. The maximum atomic E-state index is 11.5. The average molecular weight is 198 g/mol. The van der Waals surface area contributed by atoms with Crippen LogP contribution in [0.2, 0.25) is 0 Å². The topological polar surface area (TPSA) is 41.1 Å². The number of rotatable bonds is 7. The lowest BCUT2D eigenvalue weighted by molar-refractivity contribution is -0.122. The Bertz CT molecular complexity index is 178. The second-order valence-corrected chi connectivity index (χ2v) is 4.22. The summed E-state index contributed by atoms with van der Waals surface area (Å²) >= 11 is 0. The van der Waals surface area contributed by atoms with Crippen molar-refractivity contribution in [1.29, 1.82) is 0 Å². The first-order chi connectivity index (χ1) is 6.74. The number of carbonyl (C=O) groups is 1. The molecule has 1 aliphatic rings. The number of unbranched alkanes of at least 4 members (excludes halogenated alkanes) is 1. The van der Waals surface area contributed by atoms with Crippen LogP contribution in [-0.2, 0) is 4.79 Å². The zero-order chi connectivity index (χ0) is 10.4.